The molecule has 2 aromatic rings. The number of cyclic esters (lactones) is 2. The lowest BCUT2D eigenvalue weighted by atomic mass is 9.93. The van der Waals surface area contributed by atoms with Crippen LogP contribution in [0.3, 0.4) is 0 Å². The summed E-state index contributed by atoms with van der Waals surface area (Å²) < 4.78 is 27.7. The molecule has 1 amide bonds. The Morgan fingerprint density at radius 1 is 1.19 bits per heavy atom. The van der Waals surface area contributed by atoms with Crippen LogP contribution in [0.15, 0.2) is 30.5 Å². The smallest absolute Gasteiger partial charge is 0.497 e. The van der Waals surface area contributed by atoms with Gasteiger partial charge >= 0.3 is 12.2 Å². The summed E-state index contributed by atoms with van der Waals surface area (Å²) in [5.41, 5.74) is 0.972. The first-order chi connectivity index (χ1) is 15.2. The molecule has 3 heterocycles. The highest BCUT2D eigenvalue weighted by Crippen LogP contribution is 2.39. The number of fused-ring (bicyclic) bond motifs is 1. The third-order valence-corrected chi connectivity index (χ3v) is 5.44. The molecular formula is C23H28N2O7. The molecule has 2 aliphatic heterocycles. The summed E-state index contributed by atoms with van der Waals surface area (Å²) in [6.45, 7) is 5.72. The molecule has 1 aromatic heterocycles. The van der Waals surface area contributed by atoms with E-state index < -0.39 is 30.1 Å². The zero-order chi connectivity index (χ0) is 22.9. The van der Waals surface area contributed by atoms with Crippen molar-refractivity contribution in [3.05, 3.63) is 36.0 Å². The van der Waals surface area contributed by atoms with Gasteiger partial charge in [-0.1, -0.05) is 0 Å². The maximum absolute atomic E-state index is 12.1. The Balaban J connectivity index is 1.47. The molecular weight excluding hydrogens is 416 g/mol. The van der Waals surface area contributed by atoms with E-state index in [9.17, 15) is 9.59 Å². The van der Waals surface area contributed by atoms with Gasteiger partial charge in [-0.2, -0.15) is 0 Å². The molecule has 9 heteroatoms. The summed E-state index contributed by atoms with van der Waals surface area (Å²) in [5.74, 6) is 0.679. The number of hydrogen-bond acceptors (Lipinski definition) is 8. The fraction of sp³-hybridized carbons (Fsp3) is 0.522. The van der Waals surface area contributed by atoms with E-state index in [1.807, 2.05) is 45.0 Å². The fourth-order valence-corrected chi connectivity index (χ4v) is 4.02. The lowest BCUT2D eigenvalue weighted by Gasteiger charge is -2.33. The van der Waals surface area contributed by atoms with Crippen molar-refractivity contribution in [2.24, 2.45) is 0 Å². The van der Waals surface area contributed by atoms with Crippen LogP contribution in [0, 0.1) is 0 Å². The van der Waals surface area contributed by atoms with Gasteiger partial charge in [-0.25, -0.2) is 9.59 Å². The number of aromatic nitrogens is 1. The van der Waals surface area contributed by atoms with Crippen molar-refractivity contribution >= 4 is 23.2 Å². The molecule has 4 unspecified atom stereocenters. The molecule has 4 atom stereocenters. The minimum Gasteiger partial charge on any atom is -0.497 e. The SMILES string of the molecule is COc1ccc2nccc(C3OC(=O)OC3C3CCC(NC(=O)OC(C)(C)C)CO3)c2c1. The first-order valence-electron chi connectivity index (χ1n) is 10.6. The summed E-state index contributed by atoms with van der Waals surface area (Å²) in [6, 6.07) is 7.19. The Kier molecular flexibility index (Phi) is 6.10. The minimum atomic E-state index is -0.731. The van der Waals surface area contributed by atoms with Crippen molar-refractivity contribution in [2.45, 2.75) is 63.6 Å². The molecule has 0 radical (unpaired) electrons. The number of ether oxygens (including phenoxy) is 5. The molecule has 0 spiro atoms. The molecule has 2 aliphatic rings. The van der Waals surface area contributed by atoms with Crippen molar-refractivity contribution < 1.29 is 33.3 Å². The van der Waals surface area contributed by atoms with E-state index in [1.165, 1.54) is 0 Å². The molecule has 2 fully saturated rings. The number of carbonyl (C=O) groups is 2. The van der Waals surface area contributed by atoms with Crippen LogP contribution in [0.5, 0.6) is 5.75 Å². The first-order valence-corrected chi connectivity index (χ1v) is 10.6. The zero-order valence-corrected chi connectivity index (χ0v) is 18.6. The van der Waals surface area contributed by atoms with Crippen LogP contribution in [0.1, 0.15) is 45.3 Å². The number of nitrogens with one attached hydrogen (secondary N) is 1. The lowest BCUT2D eigenvalue weighted by Crippen LogP contribution is -2.47. The topological polar surface area (TPSA) is 105 Å². The van der Waals surface area contributed by atoms with Gasteiger partial charge in [0.05, 0.1) is 31.4 Å². The van der Waals surface area contributed by atoms with Gasteiger partial charge in [0.2, 0.25) is 0 Å². The van der Waals surface area contributed by atoms with Gasteiger partial charge in [0.1, 0.15) is 11.4 Å². The molecule has 4 rings (SSSR count). The lowest BCUT2D eigenvalue weighted by molar-refractivity contribution is -0.0743. The van der Waals surface area contributed by atoms with Gasteiger partial charge in [-0.15, -0.1) is 0 Å². The number of alkyl carbamates (subject to hydrolysis) is 1. The highest BCUT2D eigenvalue weighted by atomic mass is 16.8. The Hall–Kier alpha value is -3.07. The number of methoxy groups -OCH3 is 1. The normalized spacial score (nSPS) is 25.7. The monoisotopic (exact) mass is 444 g/mol. The molecule has 172 valence electrons. The largest absolute Gasteiger partial charge is 0.509 e. The van der Waals surface area contributed by atoms with Gasteiger partial charge in [0.15, 0.2) is 12.2 Å². The highest BCUT2D eigenvalue weighted by Gasteiger charge is 2.45. The minimum absolute atomic E-state index is 0.177. The van der Waals surface area contributed by atoms with E-state index in [0.717, 1.165) is 16.5 Å². The predicted molar refractivity (Wildman–Crippen MR) is 115 cm³/mol. The van der Waals surface area contributed by atoms with Crippen molar-refractivity contribution in [3.8, 4) is 5.75 Å². The van der Waals surface area contributed by atoms with Crippen LogP contribution in [0.25, 0.3) is 10.9 Å². The van der Waals surface area contributed by atoms with Crippen molar-refractivity contribution in [2.75, 3.05) is 13.7 Å². The summed E-state index contributed by atoms with van der Waals surface area (Å²) >= 11 is 0. The Labute approximate surface area is 186 Å². The van der Waals surface area contributed by atoms with Gasteiger partial charge in [0.25, 0.3) is 0 Å². The Morgan fingerprint density at radius 3 is 2.69 bits per heavy atom. The van der Waals surface area contributed by atoms with E-state index in [2.05, 4.69) is 10.3 Å². The standard InChI is InChI=1S/C23H28N2O7/c1-23(2,3)32-21(26)25-13-5-8-18(29-12-13)20-19(30-22(27)31-20)15-9-10-24-17-7-6-14(28-4)11-16(15)17/h6-7,9-11,13,18-20H,5,8,12H2,1-4H3,(H,25,26). The number of nitrogens with zero attached hydrogens (tertiary/aromatic N) is 1. The van der Waals surface area contributed by atoms with Crippen LogP contribution in [0.2, 0.25) is 0 Å². The van der Waals surface area contributed by atoms with E-state index in [1.54, 1.807) is 13.3 Å². The van der Waals surface area contributed by atoms with Crippen molar-refractivity contribution in [3.63, 3.8) is 0 Å². The number of pyridine rings is 1. The van der Waals surface area contributed by atoms with Crippen LogP contribution >= 0.6 is 0 Å². The molecule has 2 saturated heterocycles. The number of rotatable bonds is 4. The Morgan fingerprint density at radius 2 is 2.00 bits per heavy atom. The number of hydrogen-bond donors (Lipinski definition) is 1. The van der Waals surface area contributed by atoms with Crippen molar-refractivity contribution in [1.29, 1.82) is 0 Å². The third kappa shape index (κ3) is 4.88. The zero-order valence-electron chi connectivity index (χ0n) is 18.6. The second kappa shape index (κ2) is 8.82. The third-order valence-electron chi connectivity index (χ3n) is 5.44. The van der Waals surface area contributed by atoms with Crippen LogP contribution in [-0.2, 0) is 18.9 Å². The van der Waals surface area contributed by atoms with Gasteiger partial charge in [-0.05, 0) is 57.9 Å². The second-order valence-corrected chi connectivity index (χ2v) is 8.95. The molecule has 32 heavy (non-hydrogen) atoms. The van der Waals surface area contributed by atoms with E-state index in [-0.39, 0.29) is 18.8 Å². The molecule has 9 nitrogen and oxygen atoms in total. The maximum atomic E-state index is 12.1. The predicted octanol–water partition coefficient (Wildman–Crippen LogP) is 3.89. The fourth-order valence-electron chi connectivity index (χ4n) is 4.02. The summed E-state index contributed by atoms with van der Waals surface area (Å²) in [4.78, 5) is 28.5. The van der Waals surface area contributed by atoms with Gasteiger partial charge < -0.3 is 29.0 Å². The number of amides is 1. The highest BCUT2D eigenvalue weighted by molar-refractivity contribution is 5.84. The number of benzene rings is 1. The molecule has 0 bridgehead atoms. The van der Waals surface area contributed by atoms with Crippen LogP contribution in [-0.4, -0.2) is 54.8 Å². The van der Waals surface area contributed by atoms with Crippen LogP contribution in [0.4, 0.5) is 9.59 Å². The van der Waals surface area contributed by atoms with E-state index in [0.29, 0.717) is 18.6 Å². The first kappa shape index (κ1) is 22.1. The van der Waals surface area contributed by atoms with Gasteiger partial charge in [0, 0.05) is 17.1 Å². The summed E-state index contributed by atoms with van der Waals surface area (Å²) in [7, 11) is 1.59. The summed E-state index contributed by atoms with van der Waals surface area (Å²) in [6.07, 6.45) is 0.107. The molecule has 0 saturated carbocycles. The molecule has 1 N–H and O–H groups in total. The van der Waals surface area contributed by atoms with Crippen molar-refractivity contribution in [1.82, 2.24) is 10.3 Å². The average Bonchev–Trinajstić information content (AvgIpc) is 3.13. The second-order valence-electron chi connectivity index (χ2n) is 8.95. The molecule has 0 aliphatic carbocycles. The van der Waals surface area contributed by atoms with E-state index in [4.69, 9.17) is 23.7 Å². The summed E-state index contributed by atoms with van der Waals surface area (Å²) in [5, 5.41) is 3.65. The molecule has 1 aromatic carbocycles. The van der Waals surface area contributed by atoms with Gasteiger partial charge in [-0.3, -0.25) is 4.98 Å². The average molecular weight is 444 g/mol. The Bertz CT molecular complexity index is 995. The maximum Gasteiger partial charge on any atom is 0.509 e. The quantitative estimate of drug-likeness (QED) is 0.708. The van der Waals surface area contributed by atoms with Crippen LogP contribution < -0.4 is 10.1 Å². The van der Waals surface area contributed by atoms with E-state index >= 15 is 0 Å². The number of carbonyl (C=O) groups excluding carboxylic acids is 2.